The van der Waals surface area contributed by atoms with Crippen LogP contribution in [0, 0.1) is 5.82 Å². The molecule has 0 unspecified atom stereocenters. The summed E-state index contributed by atoms with van der Waals surface area (Å²) >= 11 is 6.15. The second-order valence-corrected chi connectivity index (χ2v) is 7.69. The van der Waals surface area contributed by atoms with E-state index in [9.17, 15) is 9.18 Å². The molecule has 1 fully saturated rings. The number of ether oxygens (including phenoxy) is 2. The van der Waals surface area contributed by atoms with Crippen molar-refractivity contribution >= 4 is 34.2 Å². The molecule has 4 rings (SSSR count). The highest BCUT2D eigenvalue weighted by atomic mass is 35.5. The Morgan fingerprint density at radius 3 is 2.63 bits per heavy atom. The van der Waals surface area contributed by atoms with Gasteiger partial charge in [0.2, 0.25) is 0 Å². The van der Waals surface area contributed by atoms with Gasteiger partial charge in [-0.15, -0.1) is 0 Å². The Hall–Kier alpha value is -2.73. The molecular weight excluding hydrogens is 407 g/mol. The molecule has 0 saturated carbocycles. The fourth-order valence-corrected chi connectivity index (χ4v) is 4.27. The third kappa shape index (κ3) is 3.60. The van der Waals surface area contributed by atoms with Gasteiger partial charge in [-0.05, 0) is 50.5 Å². The highest BCUT2D eigenvalue weighted by molar-refractivity contribution is 6.31. The van der Waals surface area contributed by atoms with Crippen LogP contribution in [0.15, 0.2) is 36.4 Å². The topological polar surface area (TPSA) is 43.7 Å². The number of fused-ring (bicyclic) bond motifs is 1. The maximum atomic E-state index is 14.5. The molecule has 1 aliphatic heterocycles. The quantitative estimate of drug-likeness (QED) is 0.494. The van der Waals surface area contributed by atoms with Gasteiger partial charge < -0.3 is 18.9 Å². The number of esters is 1. The second kappa shape index (κ2) is 8.56. The number of piperidine rings is 1. The predicted octanol–water partition coefficient (Wildman–Crippen LogP) is 5.60. The number of methoxy groups -OCH3 is 1. The van der Waals surface area contributed by atoms with Gasteiger partial charge in [0, 0.05) is 24.5 Å². The van der Waals surface area contributed by atoms with Gasteiger partial charge in [0.15, 0.2) is 5.69 Å². The Balaban J connectivity index is 2.08. The van der Waals surface area contributed by atoms with Crippen LogP contribution in [0.5, 0.6) is 5.75 Å². The first-order valence-corrected chi connectivity index (χ1v) is 10.5. The van der Waals surface area contributed by atoms with Crippen LogP contribution in [-0.4, -0.2) is 37.3 Å². The lowest BCUT2D eigenvalue weighted by Gasteiger charge is -2.29. The minimum Gasteiger partial charge on any atom is -0.497 e. The van der Waals surface area contributed by atoms with Crippen LogP contribution in [0.1, 0.15) is 36.7 Å². The number of aromatic nitrogens is 1. The highest BCUT2D eigenvalue weighted by Crippen LogP contribution is 2.40. The summed E-state index contributed by atoms with van der Waals surface area (Å²) < 4.78 is 27.1. The molecular formula is C23H24ClFN2O3. The van der Waals surface area contributed by atoms with Crippen LogP contribution in [0.2, 0.25) is 5.02 Å². The molecule has 2 aromatic carbocycles. The van der Waals surface area contributed by atoms with E-state index >= 15 is 0 Å². The number of anilines is 1. The van der Waals surface area contributed by atoms with E-state index < -0.39 is 11.8 Å². The van der Waals surface area contributed by atoms with Crippen LogP contribution < -0.4 is 9.64 Å². The zero-order chi connectivity index (χ0) is 21.3. The number of benzene rings is 2. The van der Waals surface area contributed by atoms with Crippen molar-refractivity contribution < 1.29 is 18.7 Å². The Labute approximate surface area is 179 Å². The minimum atomic E-state index is -0.513. The summed E-state index contributed by atoms with van der Waals surface area (Å²) in [6.45, 7) is 3.61. The van der Waals surface area contributed by atoms with E-state index in [2.05, 4.69) is 4.90 Å². The summed E-state index contributed by atoms with van der Waals surface area (Å²) in [5.74, 6) is -0.314. The number of hydrogen-bond donors (Lipinski definition) is 0. The second-order valence-electron chi connectivity index (χ2n) is 7.29. The van der Waals surface area contributed by atoms with E-state index in [0.717, 1.165) is 32.4 Å². The Morgan fingerprint density at radius 1 is 1.17 bits per heavy atom. The number of carbonyl (C=O) groups is 1. The van der Waals surface area contributed by atoms with Gasteiger partial charge >= 0.3 is 5.97 Å². The molecule has 7 heteroatoms. The zero-order valence-electron chi connectivity index (χ0n) is 17.1. The molecule has 1 aromatic heterocycles. The summed E-state index contributed by atoms with van der Waals surface area (Å²) in [6.07, 6.45) is 3.17. The van der Waals surface area contributed by atoms with Crippen LogP contribution >= 0.6 is 11.6 Å². The smallest absolute Gasteiger partial charge is 0.357 e. The minimum absolute atomic E-state index is 0.00440. The summed E-state index contributed by atoms with van der Waals surface area (Å²) in [5.41, 5.74) is 2.44. The van der Waals surface area contributed by atoms with Crippen molar-refractivity contribution in [3.63, 3.8) is 0 Å². The van der Waals surface area contributed by atoms with Crippen LogP contribution in [0.25, 0.3) is 16.6 Å². The zero-order valence-corrected chi connectivity index (χ0v) is 17.8. The van der Waals surface area contributed by atoms with Crippen molar-refractivity contribution in [2.75, 3.05) is 31.7 Å². The summed E-state index contributed by atoms with van der Waals surface area (Å²) in [4.78, 5) is 15.3. The highest BCUT2D eigenvalue weighted by Gasteiger charge is 2.30. The van der Waals surface area contributed by atoms with Gasteiger partial charge in [-0.25, -0.2) is 9.18 Å². The van der Waals surface area contributed by atoms with Crippen LogP contribution in [0.4, 0.5) is 10.1 Å². The van der Waals surface area contributed by atoms with Crippen molar-refractivity contribution in [2.24, 2.45) is 0 Å². The average molecular weight is 431 g/mol. The Morgan fingerprint density at radius 2 is 1.93 bits per heavy atom. The number of halogens is 2. The van der Waals surface area contributed by atoms with E-state index in [4.69, 9.17) is 21.1 Å². The largest absolute Gasteiger partial charge is 0.497 e. The normalized spacial score (nSPS) is 14.2. The third-order valence-corrected chi connectivity index (χ3v) is 5.72. The molecule has 0 radical (unpaired) electrons. The fraction of sp³-hybridized carbons (Fsp3) is 0.348. The first kappa shape index (κ1) is 20.5. The van der Waals surface area contributed by atoms with Crippen molar-refractivity contribution in [3.8, 4) is 11.4 Å². The van der Waals surface area contributed by atoms with E-state index in [1.54, 1.807) is 24.7 Å². The first-order valence-electron chi connectivity index (χ1n) is 10.1. The molecule has 0 spiro atoms. The molecule has 2 heterocycles. The maximum Gasteiger partial charge on any atom is 0.357 e. The third-order valence-electron chi connectivity index (χ3n) is 5.44. The summed E-state index contributed by atoms with van der Waals surface area (Å²) in [5, 5.41) is 0.648. The lowest BCUT2D eigenvalue weighted by molar-refractivity contribution is 0.0518. The number of hydrogen-bond acceptors (Lipinski definition) is 4. The van der Waals surface area contributed by atoms with Crippen LogP contribution in [-0.2, 0) is 4.74 Å². The van der Waals surface area contributed by atoms with E-state index in [-0.39, 0.29) is 11.6 Å². The van der Waals surface area contributed by atoms with Gasteiger partial charge in [-0.1, -0.05) is 17.7 Å². The van der Waals surface area contributed by atoms with Crippen molar-refractivity contribution in [1.29, 1.82) is 0 Å². The monoisotopic (exact) mass is 430 g/mol. The number of rotatable bonds is 5. The standard InChI is InChI=1S/C23H24ClFN2O3/c1-3-30-23(28)22-21(26-10-5-4-6-11-26)17-13-19(25)18(24)14-20(17)27(22)15-8-7-9-16(12-15)29-2/h7-9,12-14H,3-6,10-11H2,1-2H3. The molecule has 0 N–H and O–H groups in total. The van der Waals surface area contributed by atoms with Gasteiger partial charge in [-0.2, -0.15) is 0 Å². The van der Waals surface area contributed by atoms with E-state index in [1.165, 1.54) is 6.07 Å². The van der Waals surface area contributed by atoms with Gasteiger partial charge in [0.25, 0.3) is 0 Å². The molecule has 158 valence electrons. The SMILES string of the molecule is CCOC(=O)c1c(N2CCCCC2)c2cc(F)c(Cl)cc2n1-c1cccc(OC)c1. The average Bonchev–Trinajstić information content (AvgIpc) is 3.09. The fourth-order valence-electron chi connectivity index (χ4n) is 4.11. The molecule has 3 aromatic rings. The van der Waals surface area contributed by atoms with E-state index in [1.807, 2.05) is 24.3 Å². The molecule has 0 atom stereocenters. The molecule has 1 saturated heterocycles. The predicted molar refractivity (Wildman–Crippen MR) is 117 cm³/mol. The van der Waals surface area contributed by atoms with Gasteiger partial charge in [0.05, 0.1) is 35.6 Å². The molecule has 0 bridgehead atoms. The van der Waals surface area contributed by atoms with Crippen molar-refractivity contribution in [2.45, 2.75) is 26.2 Å². The summed E-state index contributed by atoms with van der Waals surface area (Å²) in [6, 6.07) is 10.4. The number of nitrogens with zero attached hydrogens (tertiary/aromatic N) is 2. The molecule has 5 nitrogen and oxygen atoms in total. The molecule has 1 aliphatic rings. The van der Waals surface area contributed by atoms with Crippen molar-refractivity contribution in [1.82, 2.24) is 4.57 Å². The lowest BCUT2D eigenvalue weighted by atomic mass is 10.1. The number of carbonyl (C=O) groups excluding carboxylic acids is 1. The maximum absolute atomic E-state index is 14.5. The van der Waals surface area contributed by atoms with Crippen LogP contribution in [0.3, 0.4) is 0 Å². The molecule has 0 aliphatic carbocycles. The summed E-state index contributed by atoms with van der Waals surface area (Å²) in [7, 11) is 1.59. The Kier molecular flexibility index (Phi) is 5.86. The van der Waals surface area contributed by atoms with Gasteiger partial charge in [-0.3, -0.25) is 0 Å². The molecule has 30 heavy (non-hydrogen) atoms. The van der Waals surface area contributed by atoms with E-state index in [0.29, 0.717) is 33.7 Å². The first-order chi connectivity index (χ1) is 14.5. The van der Waals surface area contributed by atoms with Crippen molar-refractivity contribution in [3.05, 3.63) is 52.9 Å². The van der Waals surface area contributed by atoms with Gasteiger partial charge in [0.1, 0.15) is 11.6 Å². The lowest BCUT2D eigenvalue weighted by Crippen LogP contribution is -2.31. The Bertz CT molecular complexity index is 1090. The molecule has 0 amide bonds.